The van der Waals surface area contributed by atoms with E-state index in [4.69, 9.17) is 16.0 Å². The molecule has 0 saturated carbocycles. The van der Waals surface area contributed by atoms with Crippen LogP contribution < -0.4 is 10.0 Å². The van der Waals surface area contributed by atoms with Crippen LogP contribution in [0.5, 0.6) is 0 Å². The van der Waals surface area contributed by atoms with E-state index >= 15 is 0 Å². The van der Waals surface area contributed by atoms with Gasteiger partial charge in [0.05, 0.1) is 15.6 Å². The number of aryl methyl sites for hydroxylation is 2. The number of sulfonamides is 1. The monoisotopic (exact) mass is 430 g/mol. The van der Waals surface area contributed by atoms with E-state index < -0.39 is 15.9 Å². The number of para-hydroxylation sites is 1. The summed E-state index contributed by atoms with van der Waals surface area (Å²) in [6.45, 7) is 3.48. The Kier molecular flexibility index (Phi) is 6.10. The van der Waals surface area contributed by atoms with Crippen LogP contribution >= 0.6 is 11.6 Å². The van der Waals surface area contributed by atoms with Crippen molar-refractivity contribution in [3.05, 3.63) is 82.8 Å². The second kappa shape index (κ2) is 8.55. The normalized spacial score (nSPS) is 11.6. The Bertz CT molecular complexity index is 1180. The average molecular weight is 431 g/mol. The standard InChI is InChI=1S/C21H19ClN2O4S/c1-14-7-9-16(23-21(25)12-11-17-10-8-15(2)28-17)13-20(14)29(26,27)24-19-6-4-3-5-18(19)22/h3-13,24H,1-2H3,(H,23,25)/b12-11+. The van der Waals surface area contributed by atoms with Crippen LogP contribution in [-0.2, 0) is 14.8 Å². The minimum atomic E-state index is -3.90. The lowest BCUT2D eigenvalue weighted by Gasteiger charge is -2.13. The van der Waals surface area contributed by atoms with Crippen LogP contribution in [0.15, 0.2) is 70.0 Å². The zero-order chi connectivity index (χ0) is 21.0. The molecule has 0 bridgehead atoms. The lowest BCUT2D eigenvalue weighted by Crippen LogP contribution is -2.15. The van der Waals surface area contributed by atoms with E-state index in [-0.39, 0.29) is 15.6 Å². The number of carbonyl (C=O) groups excluding carboxylic acids is 1. The first-order valence-electron chi connectivity index (χ1n) is 8.68. The quantitative estimate of drug-likeness (QED) is 0.538. The van der Waals surface area contributed by atoms with Crippen molar-refractivity contribution in [2.24, 2.45) is 0 Å². The second-order valence-corrected chi connectivity index (χ2v) is 8.39. The highest BCUT2D eigenvalue weighted by Crippen LogP contribution is 2.26. The Morgan fingerprint density at radius 3 is 2.52 bits per heavy atom. The maximum absolute atomic E-state index is 12.8. The van der Waals surface area contributed by atoms with Crippen LogP contribution in [0.4, 0.5) is 11.4 Å². The summed E-state index contributed by atoms with van der Waals surface area (Å²) in [5, 5.41) is 2.94. The summed E-state index contributed by atoms with van der Waals surface area (Å²) in [5.74, 6) is 0.878. The maximum atomic E-state index is 12.8. The first-order chi connectivity index (χ1) is 13.7. The van der Waals surface area contributed by atoms with E-state index in [0.717, 1.165) is 5.76 Å². The summed E-state index contributed by atoms with van der Waals surface area (Å²) < 4.78 is 33.5. The predicted octanol–water partition coefficient (Wildman–Crippen LogP) is 5.00. The molecule has 0 aliphatic heterocycles. The number of benzene rings is 2. The molecular formula is C21H19ClN2O4S. The van der Waals surface area contributed by atoms with E-state index in [1.165, 1.54) is 18.2 Å². The highest BCUT2D eigenvalue weighted by atomic mass is 35.5. The van der Waals surface area contributed by atoms with Crippen LogP contribution in [0.3, 0.4) is 0 Å². The summed E-state index contributed by atoms with van der Waals surface area (Å²) in [6.07, 6.45) is 2.85. The van der Waals surface area contributed by atoms with Crippen LogP contribution in [0.1, 0.15) is 17.1 Å². The van der Waals surface area contributed by atoms with Gasteiger partial charge in [-0.25, -0.2) is 8.42 Å². The Labute approximate surface area is 174 Å². The van der Waals surface area contributed by atoms with Crippen molar-refractivity contribution in [1.29, 1.82) is 0 Å². The summed E-state index contributed by atoms with van der Waals surface area (Å²) in [6, 6.07) is 14.7. The maximum Gasteiger partial charge on any atom is 0.262 e. The molecule has 29 heavy (non-hydrogen) atoms. The number of halogens is 1. The van der Waals surface area contributed by atoms with Gasteiger partial charge in [-0.05, 0) is 61.9 Å². The molecule has 150 valence electrons. The number of nitrogens with one attached hydrogen (secondary N) is 2. The number of amides is 1. The van der Waals surface area contributed by atoms with Gasteiger partial charge in [0, 0.05) is 11.8 Å². The fourth-order valence-corrected chi connectivity index (χ4v) is 4.19. The number of hydrogen-bond acceptors (Lipinski definition) is 4. The number of carbonyl (C=O) groups is 1. The third-order valence-corrected chi connectivity index (χ3v) is 5.86. The first kappa shape index (κ1) is 20.7. The molecule has 6 nitrogen and oxygen atoms in total. The Hall–Kier alpha value is -3.03. The zero-order valence-electron chi connectivity index (χ0n) is 15.8. The molecule has 0 aliphatic rings. The summed E-state index contributed by atoms with van der Waals surface area (Å²) in [7, 11) is -3.90. The Morgan fingerprint density at radius 1 is 1.07 bits per heavy atom. The Balaban J connectivity index is 1.79. The van der Waals surface area contributed by atoms with Gasteiger partial charge in [0.1, 0.15) is 11.5 Å². The average Bonchev–Trinajstić information content (AvgIpc) is 3.08. The smallest absolute Gasteiger partial charge is 0.262 e. The van der Waals surface area contributed by atoms with Crippen LogP contribution in [-0.4, -0.2) is 14.3 Å². The van der Waals surface area contributed by atoms with Crippen molar-refractivity contribution in [1.82, 2.24) is 0 Å². The van der Waals surface area contributed by atoms with Gasteiger partial charge in [-0.1, -0.05) is 29.8 Å². The molecule has 0 fully saturated rings. The minimum Gasteiger partial charge on any atom is -0.462 e. The van der Waals surface area contributed by atoms with Crippen molar-refractivity contribution in [3.8, 4) is 0 Å². The molecule has 2 aromatic carbocycles. The Morgan fingerprint density at radius 2 is 1.83 bits per heavy atom. The molecule has 0 saturated heterocycles. The summed E-state index contributed by atoms with van der Waals surface area (Å²) in [4.78, 5) is 12.2. The molecule has 3 aromatic rings. The first-order valence-corrected chi connectivity index (χ1v) is 10.5. The van der Waals surface area contributed by atoms with Crippen molar-refractivity contribution in [2.45, 2.75) is 18.7 Å². The van der Waals surface area contributed by atoms with Crippen LogP contribution in [0, 0.1) is 13.8 Å². The fourth-order valence-electron chi connectivity index (χ4n) is 2.60. The molecule has 0 radical (unpaired) electrons. The van der Waals surface area contributed by atoms with Crippen LogP contribution in [0.2, 0.25) is 5.02 Å². The van der Waals surface area contributed by atoms with Gasteiger partial charge in [0.2, 0.25) is 5.91 Å². The number of hydrogen-bond donors (Lipinski definition) is 2. The lowest BCUT2D eigenvalue weighted by atomic mass is 10.2. The molecule has 0 spiro atoms. The van der Waals surface area contributed by atoms with Gasteiger partial charge in [-0.2, -0.15) is 0 Å². The fraction of sp³-hybridized carbons (Fsp3) is 0.0952. The van der Waals surface area contributed by atoms with Crippen molar-refractivity contribution in [3.63, 3.8) is 0 Å². The highest BCUT2D eigenvalue weighted by molar-refractivity contribution is 7.92. The van der Waals surface area contributed by atoms with Gasteiger partial charge in [0.25, 0.3) is 10.0 Å². The third kappa shape index (κ3) is 5.28. The van der Waals surface area contributed by atoms with Crippen molar-refractivity contribution >= 4 is 45.0 Å². The molecule has 1 amide bonds. The molecule has 0 atom stereocenters. The topological polar surface area (TPSA) is 88.4 Å². The molecule has 8 heteroatoms. The van der Waals surface area contributed by atoms with Gasteiger partial charge in [-0.3, -0.25) is 9.52 Å². The second-order valence-electron chi connectivity index (χ2n) is 6.34. The molecule has 0 aliphatic carbocycles. The lowest BCUT2D eigenvalue weighted by molar-refractivity contribution is -0.111. The van der Waals surface area contributed by atoms with E-state index in [0.29, 0.717) is 17.0 Å². The number of anilines is 2. The number of rotatable bonds is 6. The highest BCUT2D eigenvalue weighted by Gasteiger charge is 2.19. The SMILES string of the molecule is Cc1ccc(/C=C/C(=O)Nc2ccc(C)c(S(=O)(=O)Nc3ccccc3Cl)c2)o1. The number of furan rings is 1. The predicted molar refractivity (Wildman–Crippen MR) is 115 cm³/mol. The molecule has 3 rings (SSSR count). The molecule has 1 heterocycles. The van der Waals surface area contributed by atoms with Gasteiger partial charge in [0.15, 0.2) is 0 Å². The minimum absolute atomic E-state index is 0.0425. The molecule has 2 N–H and O–H groups in total. The largest absolute Gasteiger partial charge is 0.462 e. The van der Waals surface area contributed by atoms with E-state index in [9.17, 15) is 13.2 Å². The van der Waals surface area contributed by atoms with Crippen molar-refractivity contribution in [2.75, 3.05) is 10.0 Å². The molecule has 0 unspecified atom stereocenters. The summed E-state index contributed by atoms with van der Waals surface area (Å²) in [5.41, 5.74) is 1.16. The van der Waals surface area contributed by atoms with Gasteiger partial charge < -0.3 is 9.73 Å². The van der Waals surface area contributed by atoms with E-state index in [1.54, 1.807) is 55.5 Å². The summed E-state index contributed by atoms with van der Waals surface area (Å²) >= 11 is 6.05. The van der Waals surface area contributed by atoms with Crippen molar-refractivity contribution < 1.29 is 17.6 Å². The van der Waals surface area contributed by atoms with E-state index in [1.807, 2.05) is 6.92 Å². The van der Waals surface area contributed by atoms with E-state index in [2.05, 4.69) is 10.0 Å². The third-order valence-electron chi connectivity index (χ3n) is 4.02. The van der Waals surface area contributed by atoms with Crippen LogP contribution in [0.25, 0.3) is 6.08 Å². The van der Waals surface area contributed by atoms with Gasteiger partial charge >= 0.3 is 0 Å². The molecule has 1 aromatic heterocycles. The molecular weight excluding hydrogens is 412 g/mol. The zero-order valence-corrected chi connectivity index (χ0v) is 17.3. The van der Waals surface area contributed by atoms with Gasteiger partial charge in [-0.15, -0.1) is 0 Å².